The van der Waals surface area contributed by atoms with Gasteiger partial charge in [0, 0.05) is 5.57 Å². The first-order valence-electron chi connectivity index (χ1n) is 7.21. The molecule has 0 aliphatic heterocycles. The first-order valence-corrected chi connectivity index (χ1v) is 7.21. The summed E-state index contributed by atoms with van der Waals surface area (Å²) in [4.78, 5) is 22.6. The zero-order valence-electron chi connectivity index (χ0n) is 11.4. The third kappa shape index (κ3) is 5.95. The lowest BCUT2D eigenvalue weighted by molar-refractivity contribution is -0.114. The van der Waals surface area contributed by atoms with Crippen molar-refractivity contribution in [2.24, 2.45) is 0 Å². The molecule has 18 heavy (non-hydrogen) atoms. The zero-order chi connectivity index (χ0) is 13.2. The second kappa shape index (κ2) is 8.84. The normalized spacial score (nSPS) is 15.1. The summed E-state index contributed by atoms with van der Waals surface area (Å²) in [5, 5.41) is 0. The van der Waals surface area contributed by atoms with Crippen molar-refractivity contribution in [1.82, 2.24) is 0 Å². The molecule has 0 saturated heterocycles. The van der Waals surface area contributed by atoms with E-state index in [-0.39, 0.29) is 11.6 Å². The number of carbonyl (C=O) groups excluding carboxylic acids is 2. The van der Waals surface area contributed by atoms with Crippen LogP contribution in [0.3, 0.4) is 0 Å². The summed E-state index contributed by atoms with van der Waals surface area (Å²) in [6.07, 6.45) is 15.0. The van der Waals surface area contributed by atoms with E-state index in [0.717, 1.165) is 19.3 Å². The van der Waals surface area contributed by atoms with Gasteiger partial charge in [-0.3, -0.25) is 9.59 Å². The number of rotatable bonds is 9. The summed E-state index contributed by atoms with van der Waals surface area (Å²) < 4.78 is 0. The van der Waals surface area contributed by atoms with E-state index in [9.17, 15) is 9.59 Å². The van der Waals surface area contributed by atoms with Crippen molar-refractivity contribution in [1.29, 1.82) is 0 Å². The zero-order valence-corrected chi connectivity index (χ0v) is 11.4. The molecular weight excluding hydrogens is 224 g/mol. The molecule has 0 bridgehead atoms. The molecule has 0 unspecified atom stereocenters. The van der Waals surface area contributed by atoms with E-state index in [1.54, 1.807) is 0 Å². The molecule has 2 nitrogen and oxygen atoms in total. The van der Waals surface area contributed by atoms with Gasteiger partial charge in [-0.05, 0) is 31.1 Å². The fourth-order valence-corrected chi connectivity index (χ4v) is 2.20. The summed E-state index contributed by atoms with van der Waals surface area (Å²) in [6, 6.07) is 0. The number of ketones is 2. The predicted molar refractivity (Wildman–Crippen MR) is 74.5 cm³/mol. The lowest BCUT2D eigenvalue weighted by atomic mass is 9.97. The van der Waals surface area contributed by atoms with Crippen molar-refractivity contribution in [3.8, 4) is 0 Å². The van der Waals surface area contributed by atoms with Crippen LogP contribution in [0, 0.1) is 0 Å². The standard InChI is InChI=1S/C16H24O2/c1-2-3-4-5-6-7-8-9-10-14-13-15(17)11-12-16(14)18/h11-13H,2-10H2,1H3. The Morgan fingerprint density at radius 2 is 1.44 bits per heavy atom. The monoisotopic (exact) mass is 248 g/mol. The van der Waals surface area contributed by atoms with Gasteiger partial charge >= 0.3 is 0 Å². The minimum Gasteiger partial charge on any atom is -0.290 e. The van der Waals surface area contributed by atoms with Gasteiger partial charge in [0.05, 0.1) is 0 Å². The molecule has 0 spiro atoms. The largest absolute Gasteiger partial charge is 0.290 e. The molecule has 0 aromatic heterocycles. The van der Waals surface area contributed by atoms with Crippen LogP contribution < -0.4 is 0 Å². The molecule has 0 aromatic rings. The molecule has 1 rings (SSSR count). The molecule has 0 saturated carbocycles. The van der Waals surface area contributed by atoms with Gasteiger partial charge in [0.15, 0.2) is 11.6 Å². The van der Waals surface area contributed by atoms with Gasteiger partial charge in [-0.15, -0.1) is 0 Å². The second-order valence-corrected chi connectivity index (χ2v) is 4.99. The van der Waals surface area contributed by atoms with Crippen LogP contribution in [-0.2, 0) is 9.59 Å². The van der Waals surface area contributed by atoms with Crippen molar-refractivity contribution < 1.29 is 9.59 Å². The van der Waals surface area contributed by atoms with Crippen molar-refractivity contribution in [3.63, 3.8) is 0 Å². The highest BCUT2D eigenvalue weighted by molar-refractivity contribution is 6.17. The van der Waals surface area contributed by atoms with Gasteiger partial charge in [0.25, 0.3) is 0 Å². The van der Waals surface area contributed by atoms with Crippen molar-refractivity contribution in [2.45, 2.75) is 64.7 Å². The predicted octanol–water partition coefficient (Wildman–Crippen LogP) is 4.15. The first kappa shape index (κ1) is 14.9. The van der Waals surface area contributed by atoms with E-state index in [0.29, 0.717) is 5.57 Å². The molecule has 100 valence electrons. The van der Waals surface area contributed by atoms with E-state index in [1.807, 2.05) is 0 Å². The lowest BCUT2D eigenvalue weighted by Crippen LogP contribution is -2.07. The number of hydrogen-bond acceptors (Lipinski definition) is 2. The molecule has 0 N–H and O–H groups in total. The van der Waals surface area contributed by atoms with Gasteiger partial charge in [-0.25, -0.2) is 0 Å². The molecule has 1 aliphatic carbocycles. The summed E-state index contributed by atoms with van der Waals surface area (Å²) in [5.41, 5.74) is 0.688. The van der Waals surface area contributed by atoms with E-state index < -0.39 is 0 Å². The van der Waals surface area contributed by atoms with Crippen LogP contribution in [0.25, 0.3) is 0 Å². The fraction of sp³-hybridized carbons (Fsp3) is 0.625. The Morgan fingerprint density at radius 3 is 2.11 bits per heavy atom. The molecule has 2 heteroatoms. The van der Waals surface area contributed by atoms with Crippen LogP contribution in [0.15, 0.2) is 23.8 Å². The van der Waals surface area contributed by atoms with E-state index in [2.05, 4.69) is 6.92 Å². The molecule has 0 amide bonds. The number of hydrogen-bond donors (Lipinski definition) is 0. The average Bonchev–Trinajstić information content (AvgIpc) is 2.36. The first-order chi connectivity index (χ1) is 8.74. The highest BCUT2D eigenvalue weighted by Crippen LogP contribution is 2.15. The molecule has 1 aliphatic rings. The topological polar surface area (TPSA) is 34.1 Å². The van der Waals surface area contributed by atoms with E-state index in [1.165, 1.54) is 56.8 Å². The van der Waals surface area contributed by atoms with Gasteiger partial charge in [-0.1, -0.05) is 51.9 Å². The third-order valence-electron chi connectivity index (χ3n) is 3.33. The van der Waals surface area contributed by atoms with Crippen molar-refractivity contribution in [3.05, 3.63) is 23.8 Å². The number of unbranched alkanes of at least 4 members (excludes halogenated alkanes) is 7. The minimum atomic E-state index is -0.0517. The highest BCUT2D eigenvalue weighted by Gasteiger charge is 2.12. The summed E-state index contributed by atoms with van der Waals surface area (Å²) >= 11 is 0. The average molecular weight is 248 g/mol. The lowest BCUT2D eigenvalue weighted by Gasteiger charge is -2.06. The van der Waals surface area contributed by atoms with Crippen LogP contribution in [-0.4, -0.2) is 11.6 Å². The van der Waals surface area contributed by atoms with E-state index in [4.69, 9.17) is 0 Å². The van der Waals surface area contributed by atoms with Gasteiger partial charge in [0.2, 0.25) is 0 Å². The van der Waals surface area contributed by atoms with Crippen LogP contribution >= 0.6 is 0 Å². The number of allylic oxidation sites excluding steroid dienone is 4. The fourth-order valence-electron chi connectivity index (χ4n) is 2.20. The Hall–Kier alpha value is -1.18. The number of carbonyl (C=O) groups is 2. The Kier molecular flexibility index (Phi) is 7.31. The Balaban J connectivity index is 2.04. The molecular formula is C16H24O2. The molecule has 0 heterocycles. The minimum absolute atomic E-state index is 0.0116. The van der Waals surface area contributed by atoms with Gasteiger partial charge < -0.3 is 0 Å². The Labute approximate surface area is 110 Å². The van der Waals surface area contributed by atoms with Gasteiger partial charge in [0.1, 0.15) is 0 Å². The SMILES string of the molecule is CCCCCCCCCCC1=CC(=O)C=CC1=O. The van der Waals surface area contributed by atoms with E-state index >= 15 is 0 Å². The maximum Gasteiger partial charge on any atom is 0.182 e. The maximum absolute atomic E-state index is 11.5. The van der Waals surface area contributed by atoms with Crippen LogP contribution in [0.4, 0.5) is 0 Å². The smallest absolute Gasteiger partial charge is 0.182 e. The summed E-state index contributed by atoms with van der Waals surface area (Å²) in [5.74, 6) is -0.0401. The Morgan fingerprint density at radius 1 is 0.833 bits per heavy atom. The summed E-state index contributed by atoms with van der Waals surface area (Å²) in [7, 11) is 0. The molecule has 0 radical (unpaired) electrons. The molecule has 0 atom stereocenters. The quantitative estimate of drug-likeness (QED) is 0.453. The van der Waals surface area contributed by atoms with Crippen LogP contribution in [0.5, 0.6) is 0 Å². The second-order valence-electron chi connectivity index (χ2n) is 4.99. The molecule has 0 aromatic carbocycles. The Bertz CT molecular complexity index is 337. The molecule has 0 fully saturated rings. The van der Waals surface area contributed by atoms with Crippen LogP contribution in [0.2, 0.25) is 0 Å². The van der Waals surface area contributed by atoms with Crippen LogP contribution in [0.1, 0.15) is 64.7 Å². The van der Waals surface area contributed by atoms with Gasteiger partial charge in [-0.2, -0.15) is 0 Å². The van der Waals surface area contributed by atoms with Crippen molar-refractivity contribution >= 4 is 11.6 Å². The highest BCUT2D eigenvalue weighted by atomic mass is 16.1. The third-order valence-corrected chi connectivity index (χ3v) is 3.33. The summed E-state index contributed by atoms with van der Waals surface area (Å²) in [6.45, 7) is 2.23. The maximum atomic E-state index is 11.5. The van der Waals surface area contributed by atoms with Crippen molar-refractivity contribution in [2.75, 3.05) is 0 Å².